The van der Waals surface area contributed by atoms with E-state index in [0.717, 1.165) is 31.7 Å². The summed E-state index contributed by atoms with van der Waals surface area (Å²) in [7, 11) is 1.89. The standard InChI is InChI=1S/C18H22FN5O/c1-23(17(18(20)25)13-6-8-14(19)9-7-13)15-4-3-11-24(12-15)16-5-2-10-21-22-16/h2,5-10,15,17H,3-4,11-12H2,1H3,(H2,20,25). The van der Waals surface area contributed by atoms with Gasteiger partial charge in [0.15, 0.2) is 5.82 Å². The number of likely N-dealkylation sites (N-methyl/N-ethyl adjacent to an activating group) is 1. The number of nitrogens with two attached hydrogens (primary N) is 1. The molecule has 3 rings (SSSR count). The molecule has 2 aromatic rings. The molecule has 0 bridgehead atoms. The van der Waals surface area contributed by atoms with Gasteiger partial charge in [-0.25, -0.2) is 4.39 Å². The van der Waals surface area contributed by atoms with E-state index in [0.29, 0.717) is 5.56 Å². The van der Waals surface area contributed by atoms with Gasteiger partial charge in [-0.15, -0.1) is 5.10 Å². The molecule has 1 aromatic carbocycles. The van der Waals surface area contributed by atoms with Crippen LogP contribution in [0, 0.1) is 5.82 Å². The normalized spacial score (nSPS) is 19.0. The molecule has 6 nitrogen and oxygen atoms in total. The Labute approximate surface area is 146 Å². The fourth-order valence-electron chi connectivity index (χ4n) is 3.41. The molecule has 0 spiro atoms. The maximum absolute atomic E-state index is 13.2. The molecule has 7 heteroatoms. The van der Waals surface area contributed by atoms with Crippen molar-refractivity contribution in [2.45, 2.75) is 24.9 Å². The van der Waals surface area contributed by atoms with E-state index in [1.54, 1.807) is 18.3 Å². The maximum Gasteiger partial charge on any atom is 0.239 e. The summed E-state index contributed by atoms with van der Waals surface area (Å²) in [5, 5.41) is 8.10. The van der Waals surface area contributed by atoms with Crippen LogP contribution in [0.2, 0.25) is 0 Å². The summed E-state index contributed by atoms with van der Waals surface area (Å²) in [4.78, 5) is 16.2. The van der Waals surface area contributed by atoms with Crippen LogP contribution >= 0.6 is 0 Å². The first-order valence-corrected chi connectivity index (χ1v) is 8.35. The van der Waals surface area contributed by atoms with E-state index in [1.807, 2.05) is 24.1 Å². The summed E-state index contributed by atoms with van der Waals surface area (Å²) in [6, 6.07) is 9.28. The number of hydrogen-bond donors (Lipinski definition) is 1. The van der Waals surface area contributed by atoms with E-state index in [9.17, 15) is 9.18 Å². The van der Waals surface area contributed by atoms with Crippen LogP contribution < -0.4 is 10.6 Å². The van der Waals surface area contributed by atoms with Crippen molar-refractivity contribution in [1.29, 1.82) is 0 Å². The largest absolute Gasteiger partial charge is 0.368 e. The molecule has 0 radical (unpaired) electrons. The van der Waals surface area contributed by atoms with Crippen LogP contribution in [0.3, 0.4) is 0 Å². The second-order valence-electron chi connectivity index (χ2n) is 6.35. The maximum atomic E-state index is 13.2. The zero-order valence-electron chi connectivity index (χ0n) is 14.2. The molecule has 25 heavy (non-hydrogen) atoms. The van der Waals surface area contributed by atoms with Gasteiger partial charge in [0.05, 0.1) is 0 Å². The average Bonchev–Trinajstić information content (AvgIpc) is 2.64. The van der Waals surface area contributed by atoms with Crippen molar-refractivity contribution < 1.29 is 9.18 Å². The lowest BCUT2D eigenvalue weighted by Crippen LogP contribution is -2.50. The van der Waals surface area contributed by atoms with Crippen molar-refractivity contribution in [2.75, 3.05) is 25.0 Å². The number of carbonyl (C=O) groups is 1. The highest BCUT2D eigenvalue weighted by atomic mass is 19.1. The number of aromatic nitrogens is 2. The lowest BCUT2D eigenvalue weighted by atomic mass is 9.98. The second kappa shape index (κ2) is 7.57. The number of anilines is 1. The second-order valence-corrected chi connectivity index (χ2v) is 6.35. The van der Waals surface area contributed by atoms with Gasteiger partial charge in [-0.1, -0.05) is 12.1 Å². The molecule has 1 fully saturated rings. The Morgan fingerprint density at radius 3 is 2.76 bits per heavy atom. The molecule has 132 valence electrons. The van der Waals surface area contributed by atoms with Gasteiger partial charge in [0, 0.05) is 25.3 Å². The molecule has 0 aliphatic carbocycles. The van der Waals surface area contributed by atoms with Crippen LogP contribution in [-0.4, -0.2) is 47.2 Å². The Kier molecular flexibility index (Phi) is 5.23. The van der Waals surface area contributed by atoms with E-state index in [4.69, 9.17) is 5.73 Å². The van der Waals surface area contributed by atoms with E-state index in [2.05, 4.69) is 15.1 Å². The number of hydrogen-bond acceptors (Lipinski definition) is 5. The number of piperidine rings is 1. The quantitative estimate of drug-likeness (QED) is 0.895. The minimum absolute atomic E-state index is 0.137. The fourth-order valence-corrected chi connectivity index (χ4v) is 3.41. The minimum atomic E-state index is -0.590. The highest BCUT2D eigenvalue weighted by Crippen LogP contribution is 2.27. The van der Waals surface area contributed by atoms with Gasteiger partial charge < -0.3 is 10.6 Å². The Morgan fingerprint density at radius 1 is 1.36 bits per heavy atom. The first kappa shape index (κ1) is 17.3. The van der Waals surface area contributed by atoms with Gasteiger partial charge in [0.1, 0.15) is 11.9 Å². The van der Waals surface area contributed by atoms with Crippen molar-refractivity contribution in [3.05, 3.63) is 54.0 Å². The van der Waals surface area contributed by atoms with Gasteiger partial charge >= 0.3 is 0 Å². The number of amides is 1. The van der Waals surface area contributed by atoms with Crippen LogP contribution in [0.25, 0.3) is 0 Å². The molecular weight excluding hydrogens is 321 g/mol. The minimum Gasteiger partial charge on any atom is -0.368 e. The topological polar surface area (TPSA) is 75.3 Å². The summed E-state index contributed by atoms with van der Waals surface area (Å²) in [5.74, 6) is 0.0601. The van der Waals surface area contributed by atoms with Gasteiger partial charge in [0.25, 0.3) is 0 Å². The number of benzene rings is 1. The van der Waals surface area contributed by atoms with Crippen molar-refractivity contribution in [3.63, 3.8) is 0 Å². The molecule has 2 heterocycles. The Bertz CT molecular complexity index is 709. The molecule has 1 aliphatic heterocycles. The van der Waals surface area contributed by atoms with Crippen LogP contribution in [-0.2, 0) is 4.79 Å². The third kappa shape index (κ3) is 3.93. The molecule has 2 atom stereocenters. The van der Waals surface area contributed by atoms with Crippen molar-refractivity contribution >= 4 is 11.7 Å². The fraction of sp³-hybridized carbons (Fsp3) is 0.389. The highest BCUT2D eigenvalue weighted by molar-refractivity contribution is 5.81. The average molecular weight is 343 g/mol. The van der Waals surface area contributed by atoms with Crippen LogP contribution in [0.1, 0.15) is 24.4 Å². The Hall–Kier alpha value is -2.54. The monoisotopic (exact) mass is 343 g/mol. The summed E-state index contributed by atoms with van der Waals surface area (Å²) < 4.78 is 13.2. The van der Waals surface area contributed by atoms with Crippen molar-refractivity contribution in [3.8, 4) is 0 Å². The third-order valence-corrected chi connectivity index (χ3v) is 4.72. The van der Waals surface area contributed by atoms with Crippen molar-refractivity contribution in [1.82, 2.24) is 15.1 Å². The summed E-state index contributed by atoms with van der Waals surface area (Å²) >= 11 is 0. The Balaban J connectivity index is 1.78. The zero-order valence-corrected chi connectivity index (χ0v) is 14.2. The number of halogens is 1. The van der Waals surface area contributed by atoms with E-state index < -0.39 is 11.9 Å². The molecule has 1 aromatic heterocycles. The van der Waals surface area contributed by atoms with Gasteiger partial charge in [-0.3, -0.25) is 9.69 Å². The van der Waals surface area contributed by atoms with Crippen molar-refractivity contribution in [2.24, 2.45) is 5.73 Å². The third-order valence-electron chi connectivity index (χ3n) is 4.72. The highest BCUT2D eigenvalue weighted by Gasteiger charge is 2.31. The van der Waals surface area contributed by atoms with E-state index in [1.165, 1.54) is 12.1 Å². The number of primary amides is 1. The smallest absolute Gasteiger partial charge is 0.239 e. The lowest BCUT2D eigenvalue weighted by Gasteiger charge is -2.40. The van der Waals surface area contributed by atoms with Crippen LogP contribution in [0.5, 0.6) is 0 Å². The molecule has 1 aliphatic rings. The molecule has 1 saturated heterocycles. The molecule has 1 amide bonds. The predicted octanol–water partition coefficient (Wildman–Crippen LogP) is 1.74. The Morgan fingerprint density at radius 2 is 2.12 bits per heavy atom. The van der Waals surface area contributed by atoms with Gasteiger partial charge in [-0.2, -0.15) is 5.10 Å². The van der Waals surface area contributed by atoms with Gasteiger partial charge in [0.2, 0.25) is 5.91 Å². The number of nitrogens with zero attached hydrogens (tertiary/aromatic N) is 4. The molecule has 2 N–H and O–H groups in total. The summed E-state index contributed by atoms with van der Waals surface area (Å²) in [6.45, 7) is 1.64. The summed E-state index contributed by atoms with van der Waals surface area (Å²) in [6.07, 6.45) is 3.59. The predicted molar refractivity (Wildman–Crippen MR) is 93.4 cm³/mol. The van der Waals surface area contributed by atoms with E-state index >= 15 is 0 Å². The van der Waals surface area contributed by atoms with E-state index in [-0.39, 0.29) is 11.9 Å². The number of carbonyl (C=O) groups excluding carboxylic acids is 1. The number of rotatable bonds is 5. The van der Waals surface area contributed by atoms with Crippen LogP contribution in [0.15, 0.2) is 42.6 Å². The molecule has 2 unspecified atom stereocenters. The first-order chi connectivity index (χ1) is 12.1. The zero-order chi connectivity index (χ0) is 17.8. The molecular formula is C18H22FN5O. The molecule has 0 saturated carbocycles. The van der Waals surface area contributed by atoms with Gasteiger partial charge in [-0.05, 0) is 49.7 Å². The first-order valence-electron chi connectivity index (χ1n) is 8.35. The summed E-state index contributed by atoms with van der Waals surface area (Å²) in [5.41, 5.74) is 6.35. The SMILES string of the molecule is CN(C1CCCN(c2cccnn2)C1)C(C(N)=O)c1ccc(F)cc1. The lowest BCUT2D eigenvalue weighted by molar-refractivity contribution is -0.123. The van der Waals surface area contributed by atoms with Crippen LogP contribution in [0.4, 0.5) is 10.2 Å².